The van der Waals surface area contributed by atoms with Gasteiger partial charge in [-0.1, -0.05) is 35.9 Å². The van der Waals surface area contributed by atoms with Crippen molar-refractivity contribution in [2.24, 2.45) is 5.10 Å². The lowest BCUT2D eigenvalue weighted by Gasteiger charge is -2.12. The fraction of sp³-hybridized carbons (Fsp3) is 0.136. The number of hydrogen-bond acceptors (Lipinski definition) is 6. The molecule has 2 amide bonds. The number of nitro groups is 1. The van der Waals surface area contributed by atoms with Crippen LogP contribution in [0.1, 0.15) is 28.6 Å². The third-order valence-electron chi connectivity index (χ3n) is 4.62. The van der Waals surface area contributed by atoms with E-state index in [0.717, 1.165) is 0 Å². The van der Waals surface area contributed by atoms with Crippen molar-refractivity contribution in [1.82, 2.24) is 10.7 Å². The fourth-order valence-electron chi connectivity index (χ4n) is 2.90. The van der Waals surface area contributed by atoms with E-state index in [9.17, 15) is 19.7 Å². The second kappa shape index (κ2) is 9.88. The maximum absolute atomic E-state index is 12.2. The molecule has 0 bridgehead atoms. The van der Waals surface area contributed by atoms with E-state index < -0.39 is 22.8 Å². The van der Waals surface area contributed by atoms with Crippen LogP contribution < -0.4 is 10.7 Å². The van der Waals surface area contributed by atoms with Gasteiger partial charge in [0.15, 0.2) is 0 Å². The fourth-order valence-corrected chi connectivity index (χ4v) is 3.12. The average molecular weight is 455 g/mol. The van der Waals surface area contributed by atoms with E-state index in [1.165, 1.54) is 19.2 Å². The molecule has 0 fully saturated rings. The van der Waals surface area contributed by atoms with Gasteiger partial charge in [0, 0.05) is 17.2 Å². The van der Waals surface area contributed by atoms with Crippen LogP contribution in [0.4, 0.5) is 5.69 Å². The van der Waals surface area contributed by atoms with Gasteiger partial charge in [-0.15, -0.1) is 0 Å². The first-order chi connectivity index (χ1) is 15.3. The summed E-state index contributed by atoms with van der Waals surface area (Å²) in [6.07, 6.45) is 1.29. The summed E-state index contributed by atoms with van der Waals surface area (Å²) in [6, 6.07) is 13.6. The number of hydrogen-bond donors (Lipinski definition) is 2. The molecule has 3 rings (SSSR count). The van der Waals surface area contributed by atoms with Gasteiger partial charge in [-0.25, -0.2) is 5.43 Å². The maximum Gasteiger partial charge on any atom is 0.273 e. The number of carbonyl (C=O) groups excluding carboxylic acids is 2. The lowest BCUT2D eigenvalue weighted by atomic mass is 10.1. The molecule has 0 radical (unpaired) electrons. The molecule has 10 heteroatoms. The van der Waals surface area contributed by atoms with Crippen molar-refractivity contribution >= 4 is 35.3 Å². The SMILES string of the molecule is Cc1c(-c2ccc(/C=N\NC(=O)[C@@H](C)NC(=O)c3ccccc3Cl)o2)cccc1[N+](=O)[O-]. The minimum Gasteiger partial charge on any atom is -0.455 e. The Kier molecular flexibility index (Phi) is 7.01. The largest absolute Gasteiger partial charge is 0.455 e. The average Bonchev–Trinajstić information content (AvgIpc) is 3.22. The van der Waals surface area contributed by atoms with Crippen molar-refractivity contribution in [2.45, 2.75) is 19.9 Å². The second-order valence-electron chi connectivity index (χ2n) is 6.82. The minimum absolute atomic E-state index is 0.00537. The first kappa shape index (κ1) is 22.7. The molecule has 32 heavy (non-hydrogen) atoms. The number of nitrogens with one attached hydrogen (secondary N) is 2. The molecule has 1 heterocycles. The molecule has 0 spiro atoms. The van der Waals surface area contributed by atoms with E-state index in [1.807, 2.05) is 0 Å². The van der Waals surface area contributed by atoms with Crippen molar-refractivity contribution in [3.8, 4) is 11.3 Å². The van der Waals surface area contributed by atoms with Crippen molar-refractivity contribution in [3.63, 3.8) is 0 Å². The van der Waals surface area contributed by atoms with Gasteiger partial charge in [0.25, 0.3) is 17.5 Å². The molecule has 0 aliphatic carbocycles. The van der Waals surface area contributed by atoms with Crippen molar-refractivity contribution in [2.75, 3.05) is 0 Å². The highest BCUT2D eigenvalue weighted by Gasteiger charge is 2.18. The van der Waals surface area contributed by atoms with E-state index in [2.05, 4.69) is 15.8 Å². The molecule has 0 aliphatic rings. The Morgan fingerprint density at radius 2 is 1.91 bits per heavy atom. The van der Waals surface area contributed by atoms with Gasteiger partial charge in [-0.05, 0) is 38.1 Å². The van der Waals surface area contributed by atoms with Crippen LogP contribution in [0.15, 0.2) is 64.1 Å². The van der Waals surface area contributed by atoms with Gasteiger partial charge in [0.2, 0.25) is 0 Å². The highest BCUT2D eigenvalue weighted by Crippen LogP contribution is 2.30. The Balaban J connectivity index is 1.61. The van der Waals surface area contributed by atoms with Crippen LogP contribution in [0.3, 0.4) is 0 Å². The number of amides is 2. The zero-order valence-corrected chi connectivity index (χ0v) is 17.9. The number of hydrazone groups is 1. The molecule has 164 valence electrons. The van der Waals surface area contributed by atoms with Gasteiger partial charge >= 0.3 is 0 Å². The molecule has 2 N–H and O–H groups in total. The molecular weight excluding hydrogens is 436 g/mol. The quantitative estimate of drug-likeness (QED) is 0.316. The first-order valence-corrected chi connectivity index (χ1v) is 9.88. The van der Waals surface area contributed by atoms with Crippen LogP contribution in [0.2, 0.25) is 5.02 Å². The summed E-state index contributed by atoms with van der Waals surface area (Å²) < 4.78 is 5.66. The van der Waals surface area contributed by atoms with E-state index in [-0.39, 0.29) is 16.3 Å². The van der Waals surface area contributed by atoms with Crippen molar-refractivity contribution < 1.29 is 18.9 Å². The van der Waals surface area contributed by atoms with Crippen LogP contribution in [0.5, 0.6) is 0 Å². The van der Waals surface area contributed by atoms with Crippen LogP contribution in [-0.2, 0) is 4.79 Å². The zero-order valence-electron chi connectivity index (χ0n) is 17.2. The van der Waals surface area contributed by atoms with Crippen LogP contribution in [0, 0.1) is 17.0 Å². The summed E-state index contributed by atoms with van der Waals surface area (Å²) in [5.41, 5.74) is 3.64. The lowest BCUT2D eigenvalue weighted by Crippen LogP contribution is -2.43. The number of nitrogens with zero attached hydrogens (tertiary/aromatic N) is 2. The highest BCUT2D eigenvalue weighted by atomic mass is 35.5. The molecule has 3 aromatic rings. The van der Waals surface area contributed by atoms with Crippen LogP contribution in [-0.4, -0.2) is 29.0 Å². The Morgan fingerprint density at radius 3 is 2.62 bits per heavy atom. The molecule has 0 saturated heterocycles. The number of furan rings is 1. The smallest absolute Gasteiger partial charge is 0.273 e. The summed E-state index contributed by atoms with van der Waals surface area (Å²) in [5.74, 6) is -0.258. The number of benzene rings is 2. The Morgan fingerprint density at radius 1 is 1.16 bits per heavy atom. The predicted octanol–water partition coefficient (Wildman–Crippen LogP) is 4.09. The van der Waals surface area contributed by atoms with Gasteiger partial charge in [-0.2, -0.15) is 5.10 Å². The highest BCUT2D eigenvalue weighted by molar-refractivity contribution is 6.33. The van der Waals surface area contributed by atoms with Crippen molar-refractivity contribution in [3.05, 3.63) is 86.6 Å². The lowest BCUT2D eigenvalue weighted by molar-refractivity contribution is -0.385. The summed E-state index contributed by atoms with van der Waals surface area (Å²) >= 11 is 5.98. The normalized spacial score (nSPS) is 11.8. The Hall–Kier alpha value is -3.98. The van der Waals surface area contributed by atoms with Gasteiger partial charge < -0.3 is 9.73 Å². The molecule has 1 atom stereocenters. The van der Waals surface area contributed by atoms with E-state index in [0.29, 0.717) is 22.6 Å². The molecule has 2 aromatic carbocycles. The van der Waals surface area contributed by atoms with E-state index in [1.54, 1.807) is 55.5 Å². The van der Waals surface area contributed by atoms with Crippen LogP contribution in [0.25, 0.3) is 11.3 Å². The van der Waals surface area contributed by atoms with E-state index in [4.69, 9.17) is 16.0 Å². The third-order valence-corrected chi connectivity index (χ3v) is 4.95. The number of nitro benzene ring substituents is 1. The van der Waals surface area contributed by atoms with E-state index >= 15 is 0 Å². The molecule has 1 aromatic heterocycles. The molecule has 0 aliphatic heterocycles. The molecule has 0 unspecified atom stereocenters. The summed E-state index contributed by atoms with van der Waals surface area (Å²) in [7, 11) is 0. The second-order valence-corrected chi connectivity index (χ2v) is 7.23. The van der Waals surface area contributed by atoms with Gasteiger partial charge in [-0.3, -0.25) is 19.7 Å². The Bertz CT molecular complexity index is 1200. The maximum atomic E-state index is 12.2. The number of rotatable bonds is 7. The predicted molar refractivity (Wildman–Crippen MR) is 120 cm³/mol. The summed E-state index contributed by atoms with van der Waals surface area (Å²) in [6.45, 7) is 3.15. The Labute approximate surface area is 188 Å². The topological polar surface area (TPSA) is 127 Å². The van der Waals surface area contributed by atoms with Gasteiger partial charge in [0.1, 0.15) is 17.6 Å². The zero-order chi connectivity index (χ0) is 23.3. The number of halogens is 1. The monoisotopic (exact) mass is 454 g/mol. The number of carbonyl (C=O) groups is 2. The molecular formula is C22H19ClN4O5. The summed E-state index contributed by atoms with van der Waals surface area (Å²) in [4.78, 5) is 35.1. The third kappa shape index (κ3) is 5.19. The summed E-state index contributed by atoms with van der Waals surface area (Å²) in [5, 5.41) is 17.8. The van der Waals surface area contributed by atoms with Crippen molar-refractivity contribution in [1.29, 1.82) is 0 Å². The first-order valence-electron chi connectivity index (χ1n) is 9.50. The van der Waals surface area contributed by atoms with Gasteiger partial charge in [0.05, 0.1) is 21.7 Å². The minimum atomic E-state index is -0.865. The standard InChI is InChI=1S/C22H19ClN4O5/c1-13-16(7-5-9-19(13)27(30)31)20-11-10-15(32-20)12-24-26-21(28)14(2)25-22(29)17-6-3-4-8-18(17)23/h3-12,14H,1-2H3,(H,25,29)(H,26,28)/b24-12-/t14-/m1/s1. The molecule has 9 nitrogen and oxygen atoms in total. The molecule has 0 saturated carbocycles. The van der Waals surface area contributed by atoms with Crippen LogP contribution >= 0.6 is 11.6 Å².